The fourth-order valence-electron chi connectivity index (χ4n) is 6.05. The largest absolute Gasteiger partial charge is 0.461 e. The van der Waals surface area contributed by atoms with Crippen LogP contribution < -0.4 is 21.7 Å². The number of ether oxygens (including phenoxy) is 1. The quantitative estimate of drug-likeness (QED) is 0.0918. The molecule has 0 saturated heterocycles. The van der Waals surface area contributed by atoms with Crippen LogP contribution in [0.1, 0.15) is 56.2 Å². The maximum atomic E-state index is 14.1. The van der Waals surface area contributed by atoms with Crippen LogP contribution in [0.3, 0.4) is 0 Å². The summed E-state index contributed by atoms with van der Waals surface area (Å²) < 4.78 is 5.43. The molecule has 4 atom stereocenters. The van der Waals surface area contributed by atoms with Crippen LogP contribution in [0.25, 0.3) is 10.9 Å². The molecule has 1 aromatic heterocycles. The molecule has 1 heterocycles. The number of fused-ring (bicyclic) bond motifs is 1. The number of hydrogen-bond acceptors (Lipinski definition) is 7. The van der Waals surface area contributed by atoms with Crippen LogP contribution in [0.15, 0.2) is 91.1 Å². The van der Waals surface area contributed by atoms with E-state index in [4.69, 9.17) is 10.5 Å². The summed E-state index contributed by atoms with van der Waals surface area (Å²) in [5, 5.41) is 8.88. The van der Waals surface area contributed by atoms with Crippen LogP contribution in [-0.4, -0.2) is 76.6 Å². The molecule has 0 saturated carbocycles. The third-order valence-corrected chi connectivity index (χ3v) is 8.91. The summed E-state index contributed by atoms with van der Waals surface area (Å²) in [6.45, 7) is 3.19. The van der Waals surface area contributed by atoms with Crippen LogP contribution in [-0.2, 0) is 53.0 Å². The summed E-state index contributed by atoms with van der Waals surface area (Å²) >= 11 is 0. The van der Waals surface area contributed by atoms with E-state index in [9.17, 15) is 28.8 Å². The van der Waals surface area contributed by atoms with E-state index in [0.29, 0.717) is 12.8 Å². The van der Waals surface area contributed by atoms with E-state index in [1.807, 2.05) is 43.3 Å². The Morgan fingerprint density at radius 1 is 0.774 bits per heavy atom. The number of esters is 1. The number of primary amides is 1. The fraction of sp³-hybridized carbons (Fsp3) is 0.350. The van der Waals surface area contributed by atoms with Gasteiger partial charge in [0.15, 0.2) is 0 Å². The Kier molecular flexibility index (Phi) is 14.7. The number of carbonyl (C=O) groups is 6. The third-order valence-electron chi connectivity index (χ3n) is 8.91. The Labute approximate surface area is 309 Å². The van der Waals surface area contributed by atoms with Crippen molar-refractivity contribution < 1.29 is 33.5 Å². The molecule has 4 rings (SSSR count). The smallest absolute Gasteiger partial charge is 0.308 e. The Hall–Kier alpha value is -5.98. The summed E-state index contributed by atoms with van der Waals surface area (Å²) in [4.78, 5) is 84.2. The second kappa shape index (κ2) is 19.6. The van der Waals surface area contributed by atoms with Gasteiger partial charge in [-0.15, -0.1) is 0 Å². The number of likely N-dealkylation sites (N-methyl/N-ethyl adjacent to an activating group) is 1. The van der Waals surface area contributed by atoms with Crippen molar-refractivity contribution in [2.45, 2.75) is 83.1 Å². The number of hydrogen-bond donors (Lipinski definition) is 5. The first-order chi connectivity index (χ1) is 25.5. The lowest BCUT2D eigenvalue weighted by atomic mass is 10.0. The van der Waals surface area contributed by atoms with Gasteiger partial charge < -0.3 is 36.3 Å². The zero-order valence-corrected chi connectivity index (χ0v) is 30.3. The highest BCUT2D eigenvalue weighted by molar-refractivity contribution is 5.97. The number of unbranched alkanes of at least 4 members (excludes halogenated alkanes) is 1. The summed E-state index contributed by atoms with van der Waals surface area (Å²) in [6.07, 6.45) is 2.95. The first-order valence-corrected chi connectivity index (χ1v) is 17.7. The van der Waals surface area contributed by atoms with Gasteiger partial charge >= 0.3 is 5.97 Å². The Balaban J connectivity index is 1.56. The lowest BCUT2D eigenvalue weighted by molar-refractivity contribution is -0.148. The maximum Gasteiger partial charge on any atom is 0.308 e. The van der Waals surface area contributed by atoms with Crippen molar-refractivity contribution in [2.24, 2.45) is 5.73 Å². The average molecular weight is 725 g/mol. The minimum absolute atomic E-state index is 0.0583. The number of nitrogens with one attached hydrogen (secondary N) is 4. The molecule has 5 amide bonds. The van der Waals surface area contributed by atoms with Crippen molar-refractivity contribution in [2.75, 3.05) is 7.05 Å². The first kappa shape index (κ1) is 39.8. The number of aromatic amines is 1. The number of nitrogens with zero attached hydrogens (tertiary/aromatic N) is 1. The lowest BCUT2D eigenvalue weighted by Gasteiger charge is -2.32. The maximum absolute atomic E-state index is 14.1. The third kappa shape index (κ3) is 11.8. The van der Waals surface area contributed by atoms with E-state index in [-0.39, 0.29) is 25.9 Å². The number of carbonyl (C=O) groups excluding carboxylic acids is 6. The summed E-state index contributed by atoms with van der Waals surface area (Å²) in [5.74, 6) is -4.03. The van der Waals surface area contributed by atoms with E-state index in [1.54, 1.807) is 54.7 Å². The topological polar surface area (TPSA) is 193 Å². The molecular formula is C40H48N6O7. The van der Waals surface area contributed by atoms with Crippen LogP contribution in [0, 0.1) is 0 Å². The van der Waals surface area contributed by atoms with Crippen molar-refractivity contribution in [3.8, 4) is 0 Å². The number of aromatic nitrogens is 1. The first-order valence-electron chi connectivity index (χ1n) is 17.7. The van der Waals surface area contributed by atoms with Crippen molar-refractivity contribution in [1.82, 2.24) is 25.8 Å². The Bertz CT molecular complexity index is 1860. The molecule has 13 heteroatoms. The molecule has 280 valence electrons. The number of amides is 5. The lowest BCUT2D eigenvalue weighted by Crippen LogP contribution is -2.59. The minimum Gasteiger partial charge on any atom is -0.461 e. The van der Waals surface area contributed by atoms with E-state index >= 15 is 0 Å². The molecule has 0 radical (unpaired) electrons. The summed E-state index contributed by atoms with van der Waals surface area (Å²) in [6, 6.07) is 20.8. The second-order valence-electron chi connectivity index (χ2n) is 13.0. The van der Waals surface area contributed by atoms with Crippen LogP contribution in [0.4, 0.5) is 0 Å². The van der Waals surface area contributed by atoms with Gasteiger partial charge in [-0.1, -0.05) is 98.6 Å². The van der Waals surface area contributed by atoms with Gasteiger partial charge in [-0.05, 0) is 29.2 Å². The minimum atomic E-state index is -1.48. The normalized spacial score (nSPS) is 13.2. The summed E-state index contributed by atoms with van der Waals surface area (Å²) in [5.41, 5.74) is 8.80. The molecular weight excluding hydrogens is 676 g/mol. The van der Waals surface area contributed by atoms with Gasteiger partial charge in [0.2, 0.25) is 29.5 Å². The molecule has 0 spiro atoms. The van der Waals surface area contributed by atoms with Gasteiger partial charge in [0.25, 0.3) is 0 Å². The molecule has 4 aromatic rings. The average Bonchev–Trinajstić information content (AvgIpc) is 3.56. The Morgan fingerprint density at radius 3 is 2.04 bits per heavy atom. The number of nitrogens with two attached hydrogens (primary N) is 1. The fourth-order valence-corrected chi connectivity index (χ4v) is 6.05. The molecule has 0 aliphatic carbocycles. The van der Waals surface area contributed by atoms with Crippen molar-refractivity contribution >= 4 is 46.4 Å². The molecule has 0 unspecified atom stereocenters. The zero-order chi connectivity index (χ0) is 38.3. The van der Waals surface area contributed by atoms with E-state index < -0.39 is 66.1 Å². The standard InChI is InChI=1S/C40H48N6O7/c1-4-5-20-35(46(3)40(52)34(43-26(2)47)22-29-24-42-31-19-13-12-18-30(29)31)39(51)45-33(23-36(48)53-25-28-16-10-7-11-17-28)38(50)44-32(37(41)49)21-27-14-8-6-9-15-27/h6-19,24,32-35,42H,4-5,20-23,25H2,1-3H3,(H2,41,49)(H,43,47)(H,44,50)(H,45,51)/t32-,33-,34-,35-/m0/s1. The van der Waals surface area contributed by atoms with Gasteiger partial charge in [0.1, 0.15) is 30.8 Å². The molecule has 3 aromatic carbocycles. The number of H-pyrrole nitrogens is 1. The molecule has 0 bridgehead atoms. The van der Waals surface area contributed by atoms with E-state index in [1.165, 1.54) is 18.9 Å². The number of para-hydroxylation sites is 1. The predicted octanol–water partition coefficient (Wildman–Crippen LogP) is 3.06. The van der Waals surface area contributed by atoms with Crippen molar-refractivity contribution in [1.29, 1.82) is 0 Å². The van der Waals surface area contributed by atoms with Crippen molar-refractivity contribution in [3.63, 3.8) is 0 Å². The molecule has 0 fully saturated rings. The predicted molar refractivity (Wildman–Crippen MR) is 200 cm³/mol. The highest BCUT2D eigenvalue weighted by Crippen LogP contribution is 2.21. The monoisotopic (exact) mass is 724 g/mol. The highest BCUT2D eigenvalue weighted by Gasteiger charge is 2.35. The molecule has 0 aliphatic heterocycles. The van der Waals surface area contributed by atoms with E-state index in [2.05, 4.69) is 20.9 Å². The molecule has 6 N–H and O–H groups in total. The number of benzene rings is 3. The van der Waals surface area contributed by atoms with Gasteiger partial charge in [-0.3, -0.25) is 28.8 Å². The molecule has 0 aliphatic rings. The number of rotatable bonds is 19. The second-order valence-corrected chi connectivity index (χ2v) is 13.0. The SMILES string of the molecule is CCCC[C@@H](C(=O)N[C@@H](CC(=O)OCc1ccccc1)C(=O)N[C@@H](Cc1ccccc1)C(N)=O)N(C)C(=O)[C@H](Cc1c[nH]c2ccccc12)NC(C)=O. The van der Waals surface area contributed by atoms with Gasteiger partial charge in [0, 0.05) is 43.9 Å². The van der Waals surface area contributed by atoms with Gasteiger partial charge in [-0.2, -0.15) is 0 Å². The molecule has 13 nitrogen and oxygen atoms in total. The summed E-state index contributed by atoms with van der Waals surface area (Å²) in [7, 11) is 1.47. The van der Waals surface area contributed by atoms with Crippen LogP contribution in [0.2, 0.25) is 0 Å². The van der Waals surface area contributed by atoms with E-state index in [0.717, 1.165) is 27.6 Å². The zero-order valence-electron chi connectivity index (χ0n) is 30.3. The van der Waals surface area contributed by atoms with Crippen molar-refractivity contribution in [3.05, 3.63) is 108 Å². The van der Waals surface area contributed by atoms with Crippen LogP contribution in [0.5, 0.6) is 0 Å². The highest BCUT2D eigenvalue weighted by atomic mass is 16.5. The Morgan fingerprint density at radius 2 is 1.40 bits per heavy atom. The van der Waals surface area contributed by atoms with Gasteiger partial charge in [0.05, 0.1) is 6.42 Å². The van der Waals surface area contributed by atoms with Gasteiger partial charge in [-0.25, -0.2) is 0 Å². The van der Waals surface area contributed by atoms with Crippen LogP contribution >= 0.6 is 0 Å². The molecule has 53 heavy (non-hydrogen) atoms.